The van der Waals surface area contributed by atoms with Gasteiger partial charge in [-0.3, -0.25) is 4.79 Å². The molecule has 2 rings (SSSR count). The average Bonchev–Trinajstić information content (AvgIpc) is 2.89. The zero-order valence-corrected chi connectivity index (χ0v) is 12.2. The van der Waals surface area contributed by atoms with E-state index in [-0.39, 0.29) is 32.1 Å². The third-order valence-electron chi connectivity index (χ3n) is 3.11. The fraction of sp³-hybridized carbons (Fsp3) is 0.333. The van der Waals surface area contributed by atoms with Gasteiger partial charge in [-0.1, -0.05) is 6.07 Å². The van der Waals surface area contributed by atoms with Crippen molar-refractivity contribution in [1.29, 1.82) is 0 Å². The van der Waals surface area contributed by atoms with Crippen LogP contribution < -0.4 is 10.1 Å². The molecule has 1 heterocycles. The number of H-pyrrole nitrogens is 1. The Morgan fingerprint density at radius 1 is 1.36 bits per heavy atom. The Labute approximate surface area is 127 Å². The number of hydrogen-bond acceptors (Lipinski definition) is 4. The molecular formula is C15H18N2O5. The predicted molar refractivity (Wildman–Crippen MR) is 80.0 cm³/mol. The molecule has 1 aromatic heterocycles. The second-order valence-corrected chi connectivity index (χ2v) is 4.67. The second-order valence-electron chi connectivity index (χ2n) is 4.67. The summed E-state index contributed by atoms with van der Waals surface area (Å²) >= 11 is 0. The molecule has 0 saturated heterocycles. The minimum absolute atomic E-state index is 0.161. The van der Waals surface area contributed by atoms with Gasteiger partial charge >= 0.3 is 5.97 Å². The summed E-state index contributed by atoms with van der Waals surface area (Å²) in [6.45, 7) is 0.0658. The highest BCUT2D eigenvalue weighted by Gasteiger charge is 2.12. The molecule has 1 aromatic carbocycles. The van der Waals surface area contributed by atoms with Crippen molar-refractivity contribution in [1.82, 2.24) is 10.3 Å². The minimum atomic E-state index is -1.03. The molecule has 0 unspecified atom stereocenters. The van der Waals surface area contributed by atoms with E-state index >= 15 is 0 Å². The van der Waals surface area contributed by atoms with E-state index in [4.69, 9.17) is 14.6 Å². The number of methoxy groups -OCH3 is 1. The molecule has 118 valence electrons. The highest BCUT2D eigenvalue weighted by atomic mass is 16.5. The molecule has 3 N–H and O–H groups in total. The van der Waals surface area contributed by atoms with Crippen LogP contribution >= 0.6 is 0 Å². The number of rotatable bonds is 8. The molecular weight excluding hydrogens is 288 g/mol. The number of benzene rings is 1. The van der Waals surface area contributed by atoms with E-state index in [2.05, 4.69) is 10.3 Å². The maximum Gasteiger partial charge on any atom is 0.329 e. The van der Waals surface area contributed by atoms with Crippen molar-refractivity contribution in [3.8, 4) is 5.75 Å². The van der Waals surface area contributed by atoms with Gasteiger partial charge in [0.1, 0.15) is 12.4 Å². The molecule has 0 spiro atoms. The third kappa shape index (κ3) is 3.98. The summed E-state index contributed by atoms with van der Waals surface area (Å²) in [6.07, 6.45) is 1.99. The molecule has 0 aliphatic heterocycles. The number of carbonyl (C=O) groups excluding carboxylic acids is 1. The molecule has 0 radical (unpaired) electrons. The van der Waals surface area contributed by atoms with Crippen LogP contribution in [0.15, 0.2) is 24.4 Å². The normalized spacial score (nSPS) is 10.6. The van der Waals surface area contributed by atoms with E-state index in [0.717, 1.165) is 16.5 Å². The van der Waals surface area contributed by atoms with Crippen LogP contribution in [0, 0.1) is 0 Å². The number of carboxylic acids is 1. The van der Waals surface area contributed by atoms with Crippen LogP contribution in [0.25, 0.3) is 10.9 Å². The van der Waals surface area contributed by atoms with Crippen LogP contribution in [0.5, 0.6) is 5.75 Å². The van der Waals surface area contributed by atoms with Crippen molar-refractivity contribution in [2.24, 2.45) is 0 Å². The number of ether oxygens (including phenoxy) is 2. The van der Waals surface area contributed by atoms with E-state index in [9.17, 15) is 9.59 Å². The Hall–Kier alpha value is -2.54. The first-order valence-corrected chi connectivity index (χ1v) is 6.81. The standard InChI is InChI=1S/C15H18N2O5/c1-21-12-4-2-3-11-15(12)10(8-17-11)7-13(18)16-5-6-22-9-14(19)20/h2-4,8,17H,5-7,9H2,1H3,(H,16,18)(H,19,20). The van der Waals surface area contributed by atoms with E-state index in [1.54, 1.807) is 13.3 Å². The smallest absolute Gasteiger partial charge is 0.329 e. The molecule has 2 aromatic rings. The molecule has 22 heavy (non-hydrogen) atoms. The van der Waals surface area contributed by atoms with Crippen molar-refractivity contribution in [3.63, 3.8) is 0 Å². The van der Waals surface area contributed by atoms with Gasteiger partial charge in [-0.15, -0.1) is 0 Å². The van der Waals surface area contributed by atoms with Gasteiger partial charge in [-0.2, -0.15) is 0 Å². The van der Waals surface area contributed by atoms with Crippen LogP contribution in [-0.2, 0) is 20.7 Å². The van der Waals surface area contributed by atoms with Crippen molar-refractivity contribution in [2.75, 3.05) is 26.9 Å². The van der Waals surface area contributed by atoms with E-state index in [1.165, 1.54) is 0 Å². The van der Waals surface area contributed by atoms with Gasteiger partial charge in [0.25, 0.3) is 0 Å². The van der Waals surface area contributed by atoms with Crippen LogP contribution in [0.1, 0.15) is 5.56 Å². The van der Waals surface area contributed by atoms with Gasteiger partial charge in [0, 0.05) is 23.6 Å². The third-order valence-corrected chi connectivity index (χ3v) is 3.11. The monoisotopic (exact) mass is 306 g/mol. The number of hydrogen-bond donors (Lipinski definition) is 3. The van der Waals surface area contributed by atoms with E-state index in [0.29, 0.717) is 5.75 Å². The summed E-state index contributed by atoms with van der Waals surface area (Å²) in [5.41, 5.74) is 1.75. The minimum Gasteiger partial charge on any atom is -0.496 e. The number of nitrogens with one attached hydrogen (secondary N) is 2. The Morgan fingerprint density at radius 2 is 2.18 bits per heavy atom. The second kappa shape index (κ2) is 7.46. The Balaban J connectivity index is 1.91. The first kappa shape index (κ1) is 15.8. The molecule has 0 aliphatic carbocycles. The lowest BCUT2D eigenvalue weighted by atomic mass is 10.1. The molecule has 0 fully saturated rings. The van der Waals surface area contributed by atoms with E-state index in [1.807, 2.05) is 18.2 Å². The van der Waals surface area contributed by atoms with Gasteiger partial charge in [-0.25, -0.2) is 4.79 Å². The predicted octanol–water partition coefficient (Wildman–Crippen LogP) is 0.936. The summed E-state index contributed by atoms with van der Waals surface area (Å²) in [4.78, 5) is 25.3. The number of carboxylic acid groups (broad SMARTS) is 1. The Morgan fingerprint density at radius 3 is 2.91 bits per heavy atom. The van der Waals surface area contributed by atoms with Gasteiger partial charge < -0.3 is 24.9 Å². The lowest BCUT2D eigenvalue weighted by Gasteiger charge is -2.06. The highest BCUT2D eigenvalue weighted by molar-refractivity contribution is 5.93. The molecule has 0 aliphatic rings. The number of amides is 1. The molecule has 0 atom stereocenters. The van der Waals surface area contributed by atoms with Crippen molar-refractivity contribution in [2.45, 2.75) is 6.42 Å². The number of aromatic amines is 1. The Bertz CT molecular complexity index is 665. The number of aromatic nitrogens is 1. The van der Waals surface area contributed by atoms with Gasteiger partial charge in [0.05, 0.1) is 20.1 Å². The number of fused-ring (bicyclic) bond motifs is 1. The summed E-state index contributed by atoms with van der Waals surface area (Å²) in [5.74, 6) is -0.478. The number of carbonyl (C=O) groups is 2. The van der Waals surface area contributed by atoms with Gasteiger partial charge in [0.2, 0.25) is 5.91 Å². The zero-order chi connectivity index (χ0) is 15.9. The average molecular weight is 306 g/mol. The van der Waals surface area contributed by atoms with Crippen LogP contribution in [0.2, 0.25) is 0 Å². The maximum absolute atomic E-state index is 11.9. The quantitative estimate of drug-likeness (QED) is 0.630. The van der Waals surface area contributed by atoms with Crippen LogP contribution in [0.3, 0.4) is 0 Å². The zero-order valence-electron chi connectivity index (χ0n) is 12.2. The largest absolute Gasteiger partial charge is 0.496 e. The van der Waals surface area contributed by atoms with Crippen molar-refractivity contribution < 1.29 is 24.2 Å². The number of aliphatic carboxylic acids is 1. The molecule has 0 bridgehead atoms. The summed E-state index contributed by atoms with van der Waals surface area (Å²) < 4.78 is 10.2. The molecule has 7 nitrogen and oxygen atoms in total. The summed E-state index contributed by atoms with van der Waals surface area (Å²) in [5, 5.41) is 12.0. The fourth-order valence-corrected chi connectivity index (χ4v) is 2.19. The maximum atomic E-state index is 11.9. The van der Waals surface area contributed by atoms with Crippen molar-refractivity contribution >= 4 is 22.8 Å². The van der Waals surface area contributed by atoms with Gasteiger partial charge in [-0.05, 0) is 17.7 Å². The highest BCUT2D eigenvalue weighted by Crippen LogP contribution is 2.28. The SMILES string of the molecule is COc1cccc2[nH]cc(CC(=O)NCCOCC(=O)O)c12. The lowest BCUT2D eigenvalue weighted by Crippen LogP contribution is -2.29. The molecule has 1 amide bonds. The van der Waals surface area contributed by atoms with Crippen LogP contribution in [0.4, 0.5) is 0 Å². The summed E-state index contributed by atoms with van der Waals surface area (Å²) in [7, 11) is 1.59. The first-order chi connectivity index (χ1) is 10.6. The van der Waals surface area contributed by atoms with Crippen molar-refractivity contribution in [3.05, 3.63) is 30.0 Å². The molecule has 0 saturated carbocycles. The topological polar surface area (TPSA) is 101 Å². The van der Waals surface area contributed by atoms with E-state index < -0.39 is 5.97 Å². The van der Waals surface area contributed by atoms with Gasteiger partial charge in [0.15, 0.2) is 0 Å². The lowest BCUT2D eigenvalue weighted by molar-refractivity contribution is -0.142. The summed E-state index contributed by atoms with van der Waals surface area (Å²) in [6, 6.07) is 5.64. The van der Waals surface area contributed by atoms with Crippen LogP contribution in [-0.4, -0.2) is 48.8 Å². The Kier molecular flexibility index (Phi) is 5.37. The molecule has 7 heteroatoms. The first-order valence-electron chi connectivity index (χ1n) is 6.81. The fourth-order valence-electron chi connectivity index (χ4n) is 2.19.